The van der Waals surface area contributed by atoms with Crippen LogP contribution in [0.5, 0.6) is 0 Å². The molecule has 2 aliphatic heterocycles. The van der Waals surface area contributed by atoms with Crippen molar-refractivity contribution in [2.45, 2.75) is 42.7 Å². The number of ether oxygens (including phenoxy) is 1. The van der Waals surface area contributed by atoms with Crippen molar-refractivity contribution in [2.24, 2.45) is 0 Å². The van der Waals surface area contributed by atoms with Crippen molar-refractivity contribution in [1.29, 1.82) is 0 Å². The minimum Gasteiger partial charge on any atom is -0.475 e. The van der Waals surface area contributed by atoms with Crippen LogP contribution in [0.3, 0.4) is 0 Å². The van der Waals surface area contributed by atoms with Gasteiger partial charge in [0.15, 0.2) is 0 Å². The molecule has 30 heavy (non-hydrogen) atoms. The lowest BCUT2D eigenvalue weighted by atomic mass is 9.91. The highest BCUT2D eigenvalue weighted by Gasteiger charge is 2.47. The van der Waals surface area contributed by atoms with E-state index in [1.54, 1.807) is 22.9 Å². The van der Waals surface area contributed by atoms with Crippen LogP contribution in [-0.2, 0) is 19.6 Å². The maximum atomic E-state index is 12.6. The molecule has 3 heterocycles. The fourth-order valence-corrected chi connectivity index (χ4v) is 5.50. The summed E-state index contributed by atoms with van der Waals surface area (Å²) >= 11 is 0. The molecule has 3 aliphatic rings. The van der Waals surface area contributed by atoms with Gasteiger partial charge in [0.25, 0.3) is 0 Å². The van der Waals surface area contributed by atoms with Crippen molar-refractivity contribution in [3.8, 4) is 0 Å². The summed E-state index contributed by atoms with van der Waals surface area (Å²) in [4.78, 5) is 19.5. The third-order valence-electron chi connectivity index (χ3n) is 5.17. The van der Waals surface area contributed by atoms with Gasteiger partial charge in [0.2, 0.25) is 10.0 Å². The third-order valence-corrected chi connectivity index (χ3v) is 7.52. The molecule has 9 nitrogen and oxygen atoms in total. The van der Waals surface area contributed by atoms with Crippen molar-refractivity contribution < 1.29 is 36.2 Å². The second-order valence-electron chi connectivity index (χ2n) is 7.50. The zero-order chi connectivity index (χ0) is 22.0. The van der Waals surface area contributed by atoms with E-state index in [1.165, 1.54) is 0 Å². The highest BCUT2D eigenvalue weighted by atomic mass is 32.2. The molecule has 0 radical (unpaired) electrons. The number of hydrogen-bond donors (Lipinski definition) is 1. The Morgan fingerprint density at radius 3 is 2.50 bits per heavy atom. The van der Waals surface area contributed by atoms with Crippen molar-refractivity contribution in [3.63, 3.8) is 0 Å². The van der Waals surface area contributed by atoms with E-state index in [4.69, 9.17) is 14.6 Å². The lowest BCUT2D eigenvalue weighted by Crippen LogP contribution is -2.61. The first-order valence-electron chi connectivity index (χ1n) is 9.47. The molecule has 1 aromatic heterocycles. The number of alkyl halides is 3. The van der Waals surface area contributed by atoms with Crippen LogP contribution in [0.4, 0.5) is 19.0 Å². The number of halogens is 3. The summed E-state index contributed by atoms with van der Waals surface area (Å²) in [6, 6.07) is 0. The number of hydrogen-bond acceptors (Lipinski definition) is 7. The maximum absolute atomic E-state index is 12.6. The summed E-state index contributed by atoms with van der Waals surface area (Å²) in [7, 11) is -3.14. The number of carboxylic acid groups (broad SMARTS) is 1. The highest BCUT2D eigenvalue weighted by molar-refractivity contribution is 7.90. The monoisotopic (exact) mass is 452 g/mol. The number of carboxylic acids is 1. The standard InChI is InChI=1S/C15H22N4O3S.C2HF3O2/c20-23(21,13-2-3-13)19-8-9-22-15(12-19)4-1-7-18(11-15)14-10-16-5-6-17-14;3-2(4,5)1(6)7/h5-6,10,13H,1-4,7-9,11-12H2;(H,6,7). The Kier molecular flexibility index (Phi) is 6.53. The van der Waals surface area contributed by atoms with E-state index < -0.39 is 27.8 Å². The molecule has 2 saturated heterocycles. The molecule has 168 valence electrons. The second kappa shape index (κ2) is 8.63. The van der Waals surface area contributed by atoms with Crippen LogP contribution in [0.25, 0.3) is 0 Å². The molecule has 1 aromatic rings. The van der Waals surface area contributed by atoms with Gasteiger partial charge >= 0.3 is 12.1 Å². The average Bonchev–Trinajstić information content (AvgIpc) is 3.54. The molecule has 3 fully saturated rings. The summed E-state index contributed by atoms with van der Waals surface area (Å²) < 4.78 is 64.6. The summed E-state index contributed by atoms with van der Waals surface area (Å²) in [5.74, 6) is -1.93. The number of aromatic nitrogens is 2. The largest absolute Gasteiger partial charge is 0.490 e. The fourth-order valence-electron chi connectivity index (χ4n) is 3.60. The van der Waals surface area contributed by atoms with Crippen molar-refractivity contribution in [1.82, 2.24) is 14.3 Å². The highest BCUT2D eigenvalue weighted by Crippen LogP contribution is 2.36. The van der Waals surface area contributed by atoms with E-state index in [0.29, 0.717) is 26.2 Å². The number of rotatable bonds is 3. The van der Waals surface area contributed by atoms with Gasteiger partial charge < -0.3 is 14.7 Å². The Labute approximate surface area is 171 Å². The van der Waals surface area contributed by atoms with Crippen molar-refractivity contribution in [3.05, 3.63) is 18.6 Å². The lowest BCUT2D eigenvalue weighted by Gasteiger charge is -2.47. The first-order valence-corrected chi connectivity index (χ1v) is 11.0. The molecule has 1 saturated carbocycles. The molecule has 0 amide bonds. The van der Waals surface area contributed by atoms with Gasteiger partial charge in [-0.05, 0) is 25.7 Å². The van der Waals surface area contributed by atoms with Crippen molar-refractivity contribution in [2.75, 3.05) is 37.7 Å². The van der Waals surface area contributed by atoms with E-state index in [9.17, 15) is 21.6 Å². The molecule has 0 aromatic carbocycles. The molecule has 4 rings (SSSR count). The average molecular weight is 452 g/mol. The van der Waals surface area contributed by atoms with Gasteiger partial charge in [0.1, 0.15) is 5.82 Å². The number of aliphatic carboxylic acids is 1. The lowest BCUT2D eigenvalue weighted by molar-refractivity contribution is -0.192. The Morgan fingerprint density at radius 2 is 1.93 bits per heavy atom. The quantitative estimate of drug-likeness (QED) is 0.730. The van der Waals surface area contributed by atoms with Crippen LogP contribution in [0.15, 0.2) is 18.6 Å². The van der Waals surface area contributed by atoms with Gasteiger partial charge in [-0.2, -0.15) is 17.5 Å². The molecule has 13 heteroatoms. The molecule has 1 aliphatic carbocycles. The van der Waals surface area contributed by atoms with Crippen LogP contribution in [0, 0.1) is 0 Å². The van der Waals surface area contributed by atoms with Gasteiger partial charge in [-0.1, -0.05) is 0 Å². The van der Waals surface area contributed by atoms with E-state index in [0.717, 1.165) is 38.0 Å². The van der Waals surface area contributed by atoms with Gasteiger partial charge in [0.05, 0.1) is 23.7 Å². The fraction of sp³-hybridized carbons (Fsp3) is 0.706. The topological polar surface area (TPSA) is 113 Å². The van der Waals surface area contributed by atoms with E-state index >= 15 is 0 Å². The summed E-state index contributed by atoms with van der Waals surface area (Å²) in [6.45, 7) is 2.98. The molecular formula is C17H23F3N4O5S. The predicted octanol–water partition coefficient (Wildman–Crippen LogP) is 1.27. The van der Waals surface area contributed by atoms with Gasteiger partial charge in [-0.3, -0.25) is 4.98 Å². The number of piperidine rings is 1. The molecule has 0 bridgehead atoms. The number of morpholine rings is 1. The minimum absolute atomic E-state index is 0.155. The van der Waals surface area contributed by atoms with Crippen LogP contribution in [0.2, 0.25) is 0 Å². The molecule has 1 atom stereocenters. The zero-order valence-electron chi connectivity index (χ0n) is 16.1. The summed E-state index contributed by atoms with van der Waals surface area (Å²) in [5, 5.41) is 6.97. The second-order valence-corrected chi connectivity index (χ2v) is 9.71. The van der Waals surface area contributed by atoms with E-state index in [1.807, 2.05) is 0 Å². The zero-order valence-corrected chi connectivity index (χ0v) is 16.9. The third kappa shape index (κ3) is 5.38. The van der Waals surface area contributed by atoms with Crippen molar-refractivity contribution >= 4 is 21.8 Å². The maximum Gasteiger partial charge on any atom is 0.490 e. The minimum atomic E-state index is -5.08. The molecule has 1 N–H and O–H groups in total. The SMILES string of the molecule is O=C(O)C(F)(F)F.O=S(=O)(C1CC1)N1CCOC2(CCCN(c3cnccn3)C2)C1. The number of nitrogens with zero attached hydrogens (tertiary/aromatic N) is 4. The number of sulfonamides is 1. The Bertz CT molecular complexity index is 847. The molecular weight excluding hydrogens is 429 g/mol. The van der Waals surface area contributed by atoms with Gasteiger partial charge in [0, 0.05) is 38.6 Å². The molecule has 1 unspecified atom stereocenters. The summed E-state index contributed by atoms with van der Waals surface area (Å²) in [6.07, 6.45) is 3.47. The summed E-state index contributed by atoms with van der Waals surface area (Å²) in [5.41, 5.74) is -0.421. The van der Waals surface area contributed by atoms with Crippen LogP contribution >= 0.6 is 0 Å². The number of carbonyl (C=O) groups is 1. The Hall–Kier alpha value is -1.99. The van der Waals surface area contributed by atoms with Crippen LogP contribution < -0.4 is 4.90 Å². The predicted molar refractivity (Wildman–Crippen MR) is 99.4 cm³/mol. The van der Waals surface area contributed by atoms with E-state index in [-0.39, 0.29) is 5.25 Å². The Balaban J connectivity index is 0.000000318. The van der Waals surface area contributed by atoms with Crippen LogP contribution in [-0.4, -0.2) is 83.6 Å². The first kappa shape index (κ1) is 22.7. The first-order chi connectivity index (χ1) is 14.0. The molecule has 1 spiro atoms. The van der Waals surface area contributed by atoms with Crippen LogP contribution in [0.1, 0.15) is 25.7 Å². The Morgan fingerprint density at radius 1 is 1.23 bits per heavy atom. The normalized spacial score (nSPS) is 25.5. The van der Waals surface area contributed by atoms with Gasteiger partial charge in [-0.25, -0.2) is 18.2 Å². The smallest absolute Gasteiger partial charge is 0.475 e. The van der Waals surface area contributed by atoms with E-state index in [2.05, 4.69) is 14.9 Å². The van der Waals surface area contributed by atoms with Gasteiger partial charge in [-0.15, -0.1) is 0 Å². The number of anilines is 1.